The van der Waals surface area contributed by atoms with E-state index in [-0.39, 0.29) is 16.7 Å². The first kappa shape index (κ1) is 14.6. The Labute approximate surface area is 118 Å². The lowest BCUT2D eigenvalue weighted by molar-refractivity contribution is 0.0698. The lowest BCUT2D eigenvalue weighted by atomic mass is 9.82. The zero-order valence-corrected chi connectivity index (χ0v) is 11.9. The van der Waals surface area contributed by atoms with Gasteiger partial charge in [0.05, 0.1) is 11.3 Å². The minimum absolute atomic E-state index is 0.0322. The van der Waals surface area contributed by atoms with Crippen molar-refractivity contribution >= 4 is 17.3 Å². The molecule has 0 radical (unpaired) electrons. The van der Waals surface area contributed by atoms with Crippen LogP contribution in [0, 0.1) is 11.2 Å². The number of benzene rings is 1. The van der Waals surface area contributed by atoms with Gasteiger partial charge in [0, 0.05) is 18.8 Å². The average molecular weight is 280 g/mol. The Morgan fingerprint density at radius 1 is 1.45 bits per heavy atom. The molecule has 1 saturated heterocycles. The zero-order chi connectivity index (χ0) is 14.9. The molecule has 1 fully saturated rings. The molecular formula is C15H21FN2O2. The summed E-state index contributed by atoms with van der Waals surface area (Å²) in [6.45, 7) is 5.81. The number of hydrogen-bond donors (Lipinski definition) is 2. The first-order chi connectivity index (χ1) is 9.42. The maximum Gasteiger partial charge on any atom is 0.337 e. The summed E-state index contributed by atoms with van der Waals surface area (Å²) in [6.07, 6.45) is 3.09. The van der Waals surface area contributed by atoms with Crippen molar-refractivity contribution in [3.63, 3.8) is 0 Å². The van der Waals surface area contributed by atoms with E-state index in [2.05, 4.69) is 13.8 Å². The quantitative estimate of drug-likeness (QED) is 0.832. The highest BCUT2D eigenvalue weighted by atomic mass is 19.1. The lowest BCUT2D eigenvalue weighted by Gasteiger charge is -2.27. The number of anilines is 2. The number of nitrogens with zero attached hydrogens (tertiary/aromatic N) is 1. The van der Waals surface area contributed by atoms with Crippen molar-refractivity contribution in [3.8, 4) is 0 Å². The third-order valence-corrected chi connectivity index (χ3v) is 4.63. The third kappa shape index (κ3) is 2.44. The summed E-state index contributed by atoms with van der Waals surface area (Å²) < 4.78 is 14.1. The van der Waals surface area contributed by atoms with E-state index in [1.54, 1.807) is 0 Å². The molecule has 20 heavy (non-hydrogen) atoms. The highest BCUT2D eigenvalue weighted by Gasteiger charge is 2.36. The molecular weight excluding hydrogens is 259 g/mol. The highest BCUT2D eigenvalue weighted by Crippen LogP contribution is 2.40. The second-order valence-corrected chi connectivity index (χ2v) is 5.57. The van der Waals surface area contributed by atoms with Gasteiger partial charge in [-0.3, -0.25) is 0 Å². The summed E-state index contributed by atoms with van der Waals surface area (Å²) in [5.41, 5.74) is 6.04. The largest absolute Gasteiger partial charge is 0.478 e. The molecule has 0 amide bonds. The third-order valence-electron chi connectivity index (χ3n) is 4.63. The van der Waals surface area contributed by atoms with Gasteiger partial charge in [0.1, 0.15) is 5.82 Å². The van der Waals surface area contributed by atoms with Crippen molar-refractivity contribution in [1.82, 2.24) is 0 Å². The number of aromatic carboxylic acids is 1. The molecule has 4 nitrogen and oxygen atoms in total. The van der Waals surface area contributed by atoms with Gasteiger partial charge in [-0.1, -0.05) is 13.8 Å². The van der Waals surface area contributed by atoms with Crippen LogP contribution in [0.2, 0.25) is 0 Å². The number of carboxylic acids is 1. The fourth-order valence-corrected chi connectivity index (χ4v) is 2.97. The van der Waals surface area contributed by atoms with Gasteiger partial charge in [-0.2, -0.15) is 0 Å². The van der Waals surface area contributed by atoms with Crippen LogP contribution in [0.3, 0.4) is 0 Å². The van der Waals surface area contributed by atoms with Crippen LogP contribution in [0.25, 0.3) is 0 Å². The SMILES string of the molecule is CCC1(CC)CCN(c2cc(C(=O)O)c(N)cc2F)C1. The Kier molecular flexibility index (Phi) is 3.88. The van der Waals surface area contributed by atoms with Crippen molar-refractivity contribution in [2.75, 3.05) is 23.7 Å². The molecule has 0 aliphatic carbocycles. The van der Waals surface area contributed by atoms with Gasteiger partial charge in [-0.15, -0.1) is 0 Å². The van der Waals surface area contributed by atoms with E-state index in [0.717, 1.165) is 38.4 Å². The summed E-state index contributed by atoms with van der Waals surface area (Å²) in [5, 5.41) is 9.10. The normalized spacial score (nSPS) is 17.4. The molecule has 3 N–H and O–H groups in total. The molecule has 0 spiro atoms. The van der Waals surface area contributed by atoms with Crippen LogP contribution in [-0.4, -0.2) is 24.2 Å². The average Bonchev–Trinajstić information content (AvgIpc) is 2.83. The summed E-state index contributed by atoms with van der Waals surface area (Å²) in [5.74, 6) is -1.57. The first-order valence-electron chi connectivity index (χ1n) is 6.99. The van der Waals surface area contributed by atoms with E-state index in [1.165, 1.54) is 6.07 Å². The number of hydrogen-bond acceptors (Lipinski definition) is 3. The van der Waals surface area contributed by atoms with Gasteiger partial charge < -0.3 is 15.7 Å². The Morgan fingerprint density at radius 3 is 2.60 bits per heavy atom. The van der Waals surface area contributed by atoms with Crippen LogP contribution < -0.4 is 10.6 Å². The molecule has 0 bridgehead atoms. The minimum Gasteiger partial charge on any atom is -0.478 e. The second-order valence-electron chi connectivity index (χ2n) is 5.57. The van der Waals surface area contributed by atoms with E-state index in [9.17, 15) is 9.18 Å². The fraction of sp³-hybridized carbons (Fsp3) is 0.533. The van der Waals surface area contributed by atoms with Gasteiger partial charge in [-0.05, 0) is 36.8 Å². The number of carbonyl (C=O) groups is 1. The molecule has 0 aromatic heterocycles. The van der Waals surface area contributed by atoms with Crippen molar-refractivity contribution < 1.29 is 14.3 Å². The maximum absolute atomic E-state index is 14.1. The number of nitrogen functional groups attached to an aromatic ring is 1. The van der Waals surface area contributed by atoms with E-state index in [1.807, 2.05) is 4.90 Å². The Bertz CT molecular complexity index is 527. The van der Waals surface area contributed by atoms with Gasteiger partial charge in [0.2, 0.25) is 0 Å². The molecule has 5 heteroatoms. The topological polar surface area (TPSA) is 66.6 Å². The number of nitrogens with two attached hydrogens (primary N) is 1. The van der Waals surface area contributed by atoms with E-state index >= 15 is 0 Å². The molecule has 1 heterocycles. The minimum atomic E-state index is -1.12. The summed E-state index contributed by atoms with van der Waals surface area (Å²) in [4.78, 5) is 13.1. The Hall–Kier alpha value is -1.78. The summed E-state index contributed by atoms with van der Waals surface area (Å²) >= 11 is 0. The molecule has 0 saturated carbocycles. The van der Waals surface area contributed by atoms with Crippen LogP contribution in [0.5, 0.6) is 0 Å². The zero-order valence-electron chi connectivity index (χ0n) is 11.9. The van der Waals surface area contributed by atoms with E-state index in [4.69, 9.17) is 10.8 Å². The molecule has 1 aliphatic rings. The van der Waals surface area contributed by atoms with Gasteiger partial charge >= 0.3 is 5.97 Å². The molecule has 1 aromatic carbocycles. The van der Waals surface area contributed by atoms with Crippen molar-refractivity contribution in [3.05, 3.63) is 23.5 Å². The Balaban J connectivity index is 2.35. The number of halogens is 1. The number of rotatable bonds is 4. The molecule has 1 aromatic rings. The fourth-order valence-electron chi connectivity index (χ4n) is 2.97. The second kappa shape index (κ2) is 5.31. The van der Waals surface area contributed by atoms with E-state index < -0.39 is 11.8 Å². The first-order valence-corrected chi connectivity index (χ1v) is 6.99. The predicted molar refractivity (Wildman–Crippen MR) is 77.6 cm³/mol. The van der Waals surface area contributed by atoms with Gasteiger partial charge in [0.15, 0.2) is 0 Å². The molecule has 0 unspecified atom stereocenters. The Morgan fingerprint density at radius 2 is 2.10 bits per heavy atom. The summed E-state index contributed by atoms with van der Waals surface area (Å²) in [7, 11) is 0. The van der Waals surface area contributed by atoms with E-state index in [0.29, 0.717) is 5.69 Å². The van der Waals surface area contributed by atoms with Crippen LogP contribution in [-0.2, 0) is 0 Å². The number of carboxylic acid groups (broad SMARTS) is 1. The highest BCUT2D eigenvalue weighted by molar-refractivity contribution is 5.95. The van der Waals surface area contributed by atoms with Crippen LogP contribution >= 0.6 is 0 Å². The van der Waals surface area contributed by atoms with Crippen LogP contribution in [0.4, 0.5) is 15.8 Å². The van der Waals surface area contributed by atoms with Crippen molar-refractivity contribution in [2.45, 2.75) is 33.1 Å². The molecule has 1 aliphatic heterocycles. The van der Waals surface area contributed by atoms with Crippen LogP contribution in [0.1, 0.15) is 43.5 Å². The van der Waals surface area contributed by atoms with Crippen LogP contribution in [0.15, 0.2) is 12.1 Å². The lowest BCUT2D eigenvalue weighted by Crippen LogP contribution is -2.27. The van der Waals surface area contributed by atoms with Gasteiger partial charge in [-0.25, -0.2) is 9.18 Å². The monoisotopic (exact) mass is 280 g/mol. The maximum atomic E-state index is 14.1. The summed E-state index contributed by atoms with van der Waals surface area (Å²) in [6, 6.07) is 2.46. The predicted octanol–water partition coefficient (Wildman–Crippen LogP) is 3.12. The van der Waals surface area contributed by atoms with Gasteiger partial charge in [0.25, 0.3) is 0 Å². The standard InChI is InChI=1S/C15H21FN2O2/c1-3-15(4-2)5-6-18(9-15)13-7-10(14(19)20)12(17)8-11(13)16/h7-8H,3-6,9,17H2,1-2H3,(H,19,20). The molecule has 110 valence electrons. The smallest absolute Gasteiger partial charge is 0.337 e. The van der Waals surface area contributed by atoms with Crippen molar-refractivity contribution in [1.29, 1.82) is 0 Å². The molecule has 0 atom stereocenters. The molecule has 2 rings (SSSR count). The van der Waals surface area contributed by atoms with Crippen molar-refractivity contribution in [2.24, 2.45) is 5.41 Å².